The molecule has 2 N–H and O–H groups in total. The van der Waals surface area contributed by atoms with Gasteiger partial charge in [-0.05, 0) is 19.3 Å². The van der Waals surface area contributed by atoms with Crippen LogP contribution in [-0.4, -0.2) is 47.1 Å². The summed E-state index contributed by atoms with van der Waals surface area (Å²) in [5, 5.41) is 0. The van der Waals surface area contributed by atoms with Gasteiger partial charge in [0.2, 0.25) is 0 Å². The van der Waals surface area contributed by atoms with Crippen molar-refractivity contribution < 1.29 is 9.53 Å². The number of nitrogens with two attached hydrogens (primary N) is 1. The van der Waals surface area contributed by atoms with Crippen molar-refractivity contribution in [1.29, 1.82) is 0 Å². The Kier molecular flexibility index (Phi) is 4.09. The van der Waals surface area contributed by atoms with E-state index < -0.39 is 0 Å². The Morgan fingerprint density at radius 1 is 1.50 bits per heavy atom. The zero-order chi connectivity index (χ0) is 13.0. The van der Waals surface area contributed by atoms with Crippen LogP contribution in [0.15, 0.2) is 12.4 Å². The molecule has 1 unspecified atom stereocenters. The fourth-order valence-corrected chi connectivity index (χ4v) is 1.98. The summed E-state index contributed by atoms with van der Waals surface area (Å²) in [5.74, 6) is 0.154. The highest BCUT2D eigenvalue weighted by molar-refractivity contribution is 5.91. The maximum Gasteiger partial charge on any atom is 0.273 e. The van der Waals surface area contributed by atoms with Crippen LogP contribution in [0.1, 0.15) is 29.8 Å². The highest BCUT2D eigenvalue weighted by atomic mass is 16.5. The lowest BCUT2D eigenvalue weighted by atomic mass is 10.1. The van der Waals surface area contributed by atoms with E-state index in [1.807, 2.05) is 0 Å². The van der Waals surface area contributed by atoms with Crippen LogP contribution in [0.3, 0.4) is 0 Å². The largest absolute Gasteiger partial charge is 0.382 e. The molecule has 1 atom stereocenters. The summed E-state index contributed by atoms with van der Waals surface area (Å²) < 4.78 is 5.60. The van der Waals surface area contributed by atoms with E-state index in [4.69, 9.17) is 10.5 Å². The Bertz CT molecular complexity index is 401. The molecule has 0 spiro atoms. The maximum atomic E-state index is 12.1. The number of hydrogen-bond donors (Lipinski definition) is 1. The molecule has 1 saturated heterocycles. The second-order valence-electron chi connectivity index (χ2n) is 4.50. The Labute approximate surface area is 106 Å². The zero-order valence-electron chi connectivity index (χ0n) is 10.5. The number of nitrogens with zero attached hydrogens (tertiary/aromatic N) is 3. The van der Waals surface area contributed by atoms with E-state index in [1.54, 1.807) is 11.9 Å². The molecule has 0 saturated carbocycles. The van der Waals surface area contributed by atoms with Crippen LogP contribution in [0.2, 0.25) is 0 Å². The van der Waals surface area contributed by atoms with Gasteiger partial charge in [0, 0.05) is 20.2 Å². The van der Waals surface area contributed by atoms with E-state index in [9.17, 15) is 4.79 Å². The second-order valence-corrected chi connectivity index (χ2v) is 4.50. The SMILES string of the molecule is CN(CC1CCCCO1)C(=O)c1cnc(N)cn1. The molecule has 6 nitrogen and oxygen atoms in total. The van der Waals surface area contributed by atoms with Crippen molar-refractivity contribution in [3.63, 3.8) is 0 Å². The van der Waals surface area contributed by atoms with Crippen LogP contribution in [0.4, 0.5) is 5.82 Å². The molecule has 1 aromatic heterocycles. The van der Waals surface area contributed by atoms with Gasteiger partial charge in [0.1, 0.15) is 11.5 Å². The summed E-state index contributed by atoms with van der Waals surface area (Å²) in [7, 11) is 1.75. The first-order chi connectivity index (χ1) is 8.66. The first-order valence-corrected chi connectivity index (χ1v) is 6.11. The van der Waals surface area contributed by atoms with E-state index in [-0.39, 0.29) is 12.0 Å². The molecule has 98 valence electrons. The number of carbonyl (C=O) groups is 1. The number of amides is 1. The monoisotopic (exact) mass is 250 g/mol. The fourth-order valence-electron chi connectivity index (χ4n) is 1.98. The number of aromatic nitrogens is 2. The van der Waals surface area contributed by atoms with Crippen molar-refractivity contribution in [3.8, 4) is 0 Å². The van der Waals surface area contributed by atoms with Crippen molar-refractivity contribution >= 4 is 11.7 Å². The normalized spacial score (nSPS) is 19.5. The number of nitrogen functional groups attached to an aromatic ring is 1. The summed E-state index contributed by atoms with van der Waals surface area (Å²) in [6.45, 7) is 1.37. The summed E-state index contributed by atoms with van der Waals surface area (Å²) in [4.78, 5) is 21.5. The highest BCUT2D eigenvalue weighted by Gasteiger charge is 2.20. The van der Waals surface area contributed by atoms with Crippen LogP contribution in [0, 0.1) is 0 Å². The molecular weight excluding hydrogens is 232 g/mol. The zero-order valence-corrected chi connectivity index (χ0v) is 10.5. The smallest absolute Gasteiger partial charge is 0.273 e. The molecule has 1 amide bonds. The Morgan fingerprint density at radius 2 is 2.33 bits per heavy atom. The van der Waals surface area contributed by atoms with Gasteiger partial charge in [0.25, 0.3) is 5.91 Å². The predicted octanol–water partition coefficient (Wildman–Crippen LogP) is 0.700. The van der Waals surface area contributed by atoms with Gasteiger partial charge >= 0.3 is 0 Å². The van der Waals surface area contributed by atoms with Gasteiger partial charge in [-0.1, -0.05) is 0 Å². The lowest BCUT2D eigenvalue weighted by Crippen LogP contribution is -2.37. The van der Waals surface area contributed by atoms with E-state index in [1.165, 1.54) is 12.4 Å². The molecule has 6 heteroatoms. The molecule has 1 fully saturated rings. The first-order valence-electron chi connectivity index (χ1n) is 6.11. The molecule has 0 bridgehead atoms. The molecule has 18 heavy (non-hydrogen) atoms. The van der Waals surface area contributed by atoms with Gasteiger partial charge in [-0.2, -0.15) is 0 Å². The lowest BCUT2D eigenvalue weighted by Gasteiger charge is -2.27. The van der Waals surface area contributed by atoms with E-state index in [0.29, 0.717) is 18.1 Å². The third kappa shape index (κ3) is 3.16. The minimum Gasteiger partial charge on any atom is -0.382 e. The van der Waals surface area contributed by atoms with Gasteiger partial charge in [0.15, 0.2) is 0 Å². The van der Waals surface area contributed by atoms with Crippen molar-refractivity contribution in [2.45, 2.75) is 25.4 Å². The molecule has 1 aliphatic heterocycles. The average molecular weight is 250 g/mol. The number of rotatable bonds is 3. The Morgan fingerprint density at radius 3 is 2.94 bits per heavy atom. The van der Waals surface area contributed by atoms with Gasteiger partial charge in [-0.25, -0.2) is 9.97 Å². The average Bonchev–Trinajstić information content (AvgIpc) is 2.40. The van der Waals surface area contributed by atoms with Crippen molar-refractivity contribution in [1.82, 2.24) is 14.9 Å². The summed E-state index contributed by atoms with van der Waals surface area (Å²) in [6.07, 6.45) is 6.19. The van der Waals surface area contributed by atoms with Crippen molar-refractivity contribution in [2.24, 2.45) is 0 Å². The molecular formula is C12H18N4O2. The maximum absolute atomic E-state index is 12.1. The number of ether oxygens (including phenoxy) is 1. The minimum atomic E-state index is -0.156. The summed E-state index contributed by atoms with van der Waals surface area (Å²) >= 11 is 0. The third-order valence-corrected chi connectivity index (χ3v) is 2.99. The second kappa shape index (κ2) is 5.77. The summed E-state index contributed by atoms with van der Waals surface area (Å²) in [6, 6.07) is 0. The Hall–Kier alpha value is -1.69. The van der Waals surface area contributed by atoms with E-state index >= 15 is 0 Å². The number of anilines is 1. The first kappa shape index (κ1) is 12.8. The standard InChI is InChI=1S/C12H18N4O2/c1-16(8-9-4-2-3-5-18-9)12(17)10-6-15-11(13)7-14-10/h6-7,9H,2-5,8H2,1H3,(H2,13,15). The fraction of sp³-hybridized carbons (Fsp3) is 0.583. The van der Waals surface area contributed by atoms with Crippen molar-refractivity contribution in [2.75, 3.05) is 25.9 Å². The van der Waals surface area contributed by atoms with Gasteiger partial charge in [-0.15, -0.1) is 0 Å². The van der Waals surface area contributed by atoms with Crippen LogP contribution in [0.25, 0.3) is 0 Å². The molecule has 0 aromatic carbocycles. The molecule has 2 rings (SSSR count). The van der Waals surface area contributed by atoms with Gasteiger partial charge in [-0.3, -0.25) is 4.79 Å². The van der Waals surface area contributed by atoms with Crippen molar-refractivity contribution in [3.05, 3.63) is 18.1 Å². The topological polar surface area (TPSA) is 81.3 Å². The molecule has 1 aliphatic rings. The third-order valence-electron chi connectivity index (χ3n) is 2.99. The molecule has 0 radical (unpaired) electrons. The molecule has 0 aliphatic carbocycles. The number of likely N-dealkylation sites (N-methyl/N-ethyl adjacent to an activating group) is 1. The van der Waals surface area contributed by atoms with Crippen LogP contribution in [0.5, 0.6) is 0 Å². The van der Waals surface area contributed by atoms with Crippen LogP contribution < -0.4 is 5.73 Å². The van der Waals surface area contributed by atoms with Gasteiger partial charge < -0.3 is 15.4 Å². The Balaban J connectivity index is 1.93. The quantitative estimate of drug-likeness (QED) is 0.854. The molecule has 2 heterocycles. The minimum absolute atomic E-state index is 0.134. The molecule has 1 aromatic rings. The van der Waals surface area contributed by atoms with Gasteiger partial charge in [0.05, 0.1) is 18.5 Å². The van der Waals surface area contributed by atoms with E-state index in [0.717, 1.165) is 25.9 Å². The van der Waals surface area contributed by atoms with Crippen LogP contribution >= 0.6 is 0 Å². The lowest BCUT2D eigenvalue weighted by molar-refractivity contribution is -0.000298. The highest BCUT2D eigenvalue weighted by Crippen LogP contribution is 2.14. The predicted molar refractivity (Wildman–Crippen MR) is 67.0 cm³/mol. The summed E-state index contributed by atoms with van der Waals surface area (Å²) in [5.41, 5.74) is 5.74. The number of carbonyl (C=O) groups excluding carboxylic acids is 1. The number of hydrogen-bond acceptors (Lipinski definition) is 5. The van der Waals surface area contributed by atoms with E-state index in [2.05, 4.69) is 9.97 Å². The van der Waals surface area contributed by atoms with Crippen LogP contribution in [-0.2, 0) is 4.74 Å².